The molecule has 2 rings (SSSR count). The molecular formula is C11H13N. The highest BCUT2D eigenvalue weighted by atomic mass is 14.6. The van der Waals surface area contributed by atoms with Gasteiger partial charge in [-0.05, 0) is 31.1 Å². The fourth-order valence-corrected chi connectivity index (χ4v) is 1.70. The fraction of sp³-hybridized carbons (Fsp3) is 0.273. The quantitative estimate of drug-likeness (QED) is 0.576. The molecule has 0 fully saturated rings. The molecule has 0 bridgehead atoms. The van der Waals surface area contributed by atoms with Crippen molar-refractivity contribution in [3.8, 4) is 0 Å². The van der Waals surface area contributed by atoms with Crippen molar-refractivity contribution >= 4 is 0 Å². The van der Waals surface area contributed by atoms with Gasteiger partial charge in [0.05, 0.1) is 0 Å². The molecule has 1 heteroatoms. The van der Waals surface area contributed by atoms with Gasteiger partial charge in [0.15, 0.2) is 0 Å². The maximum Gasteiger partial charge on any atom is 0.0313 e. The van der Waals surface area contributed by atoms with E-state index < -0.39 is 0 Å². The molecule has 0 spiro atoms. The van der Waals surface area contributed by atoms with Gasteiger partial charge in [-0.15, -0.1) is 0 Å². The molecule has 1 nitrogen and oxygen atoms in total. The predicted molar refractivity (Wildman–Crippen MR) is 51.4 cm³/mol. The molecule has 12 heavy (non-hydrogen) atoms. The summed E-state index contributed by atoms with van der Waals surface area (Å²) in [5.41, 5.74) is 9.35. The molecule has 62 valence electrons. The minimum absolute atomic E-state index is 0.572. The molecule has 2 N–H and O–H groups in total. The Balaban J connectivity index is 2.35. The Morgan fingerprint density at radius 2 is 2.25 bits per heavy atom. The Kier molecular flexibility index (Phi) is 1.65. The van der Waals surface area contributed by atoms with E-state index >= 15 is 0 Å². The van der Waals surface area contributed by atoms with E-state index in [1.54, 1.807) is 0 Å². The van der Waals surface area contributed by atoms with Crippen molar-refractivity contribution < 1.29 is 0 Å². The first-order chi connectivity index (χ1) is 5.75. The Hall–Kier alpha value is -1.24. The van der Waals surface area contributed by atoms with E-state index in [0.717, 1.165) is 12.1 Å². The Labute approximate surface area is 73.0 Å². The van der Waals surface area contributed by atoms with E-state index in [9.17, 15) is 0 Å². The van der Waals surface area contributed by atoms with Crippen molar-refractivity contribution in [2.45, 2.75) is 13.3 Å². The highest BCUT2D eigenvalue weighted by Gasteiger charge is 2.15. The predicted octanol–water partition coefficient (Wildman–Crippen LogP) is 2.29. The van der Waals surface area contributed by atoms with Gasteiger partial charge in [-0.2, -0.15) is 0 Å². The second-order valence-corrected chi connectivity index (χ2v) is 3.49. The van der Waals surface area contributed by atoms with E-state index in [1.807, 2.05) is 6.08 Å². The topological polar surface area (TPSA) is 26.0 Å². The molecule has 0 aromatic heterocycles. The number of allylic oxidation sites excluding steroid dienone is 7. The second-order valence-electron chi connectivity index (χ2n) is 3.49. The van der Waals surface area contributed by atoms with Crippen LogP contribution in [-0.2, 0) is 0 Å². The normalized spacial score (nSPS) is 27.1. The van der Waals surface area contributed by atoms with Crippen LogP contribution in [0.2, 0.25) is 0 Å². The largest absolute Gasteiger partial charge is 0.399 e. The van der Waals surface area contributed by atoms with Crippen LogP contribution in [0.15, 0.2) is 47.2 Å². The molecule has 1 unspecified atom stereocenters. The summed E-state index contributed by atoms with van der Waals surface area (Å²) in [5, 5.41) is 0. The van der Waals surface area contributed by atoms with Gasteiger partial charge in [-0.1, -0.05) is 23.8 Å². The van der Waals surface area contributed by atoms with Gasteiger partial charge in [0.1, 0.15) is 0 Å². The highest BCUT2D eigenvalue weighted by molar-refractivity contribution is 5.42. The van der Waals surface area contributed by atoms with Gasteiger partial charge in [-0.25, -0.2) is 0 Å². The molecule has 0 radical (unpaired) electrons. The molecule has 0 saturated carbocycles. The SMILES string of the molecule is CC1=CC=C2C=C(N)C=CC2C1. The van der Waals surface area contributed by atoms with Crippen LogP contribution in [0.3, 0.4) is 0 Å². The standard InChI is InChI=1S/C11H13N/c1-8-2-3-10-7-11(12)5-4-9(10)6-8/h2-5,7,9H,6,12H2,1H3. The zero-order valence-corrected chi connectivity index (χ0v) is 7.25. The first-order valence-electron chi connectivity index (χ1n) is 4.28. The molecular weight excluding hydrogens is 146 g/mol. The van der Waals surface area contributed by atoms with Gasteiger partial charge < -0.3 is 5.73 Å². The third kappa shape index (κ3) is 1.22. The van der Waals surface area contributed by atoms with E-state index in [4.69, 9.17) is 5.73 Å². The summed E-state index contributed by atoms with van der Waals surface area (Å²) in [5.74, 6) is 0.572. The van der Waals surface area contributed by atoms with E-state index in [2.05, 4.69) is 31.2 Å². The highest BCUT2D eigenvalue weighted by Crippen LogP contribution is 2.30. The molecule has 0 aromatic rings. The summed E-state index contributed by atoms with van der Waals surface area (Å²) in [6.07, 6.45) is 11.7. The van der Waals surface area contributed by atoms with E-state index in [1.165, 1.54) is 11.1 Å². The molecule has 0 saturated heterocycles. The number of hydrogen-bond acceptors (Lipinski definition) is 1. The van der Waals surface area contributed by atoms with Crippen molar-refractivity contribution in [1.82, 2.24) is 0 Å². The summed E-state index contributed by atoms with van der Waals surface area (Å²) in [4.78, 5) is 0. The molecule has 2 aliphatic carbocycles. The number of rotatable bonds is 0. The van der Waals surface area contributed by atoms with Gasteiger partial charge in [0.2, 0.25) is 0 Å². The van der Waals surface area contributed by atoms with Crippen LogP contribution < -0.4 is 5.73 Å². The van der Waals surface area contributed by atoms with Crippen LogP contribution >= 0.6 is 0 Å². The van der Waals surface area contributed by atoms with Gasteiger partial charge in [0.25, 0.3) is 0 Å². The lowest BCUT2D eigenvalue weighted by Crippen LogP contribution is -2.10. The summed E-state index contributed by atoms with van der Waals surface area (Å²) >= 11 is 0. The lowest BCUT2D eigenvalue weighted by atomic mass is 9.84. The minimum atomic E-state index is 0.572. The summed E-state index contributed by atoms with van der Waals surface area (Å²) in [7, 11) is 0. The summed E-state index contributed by atoms with van der Waals surface area (Å²) in [6, 6.07) is 0. The van der Waals surface area contributed by atoms with Crippen LogP contribution in [0.4, 0.5) is 0 Å². The van der Waals surface area contributed by atoms with Crippen molar-refractivity contribution in [3.63, 3.8) is 0 Å². The monoisotopic (exact) mass is 159 g/mol. The third-order valence-electron chi connectivity index (χ3n) is 2.38. The average Bonchev–Trinajstić information content (AvgIpc) is 2.05. The van der Waals surface area contributed by atoms with Crippen LogP contribution in [0.5, 0.6) is 0 Å². The number of fused-ring (bicyclic) bond motifs is 1. The molecule has 1 atom stereocenters. The van der Waals surface area contributed by atoms with Crippen LogP contribution in [0.1, 0.15) is 13.3 Å². The Morgan fingerprint density at radius 1 is 1.42 bits per heavy atom. The van der Waals surface area contributed by atoms with Crippen molar-refractivity contribution in [2.24, 2.45) is 11.7 Å². The minimum Gasteiger partial charge on any atom is -0.399 e. The maximum absolute atomic E-state index is 5.69. The third-order valence-corrected chi connectivity index (χ3v) is 2.38. The van der Waals surface area contributed by atoms with E-state index in [-0.39, 0.29) is 0 Å². The molecule has 0 heterocycles. The molecule has 0 amide bonds. The van der Waals surface area contributed by atoms with Crippen LogP contribution in [0.25, 0.3) is 0 Å². The van der Waals surface area contributed by atoms with Crippen molar-refractivity contribution in [3.05, 3.63) is 47.2 Å². The van der Waals surface area contributed by atoms with Crippen molar-refractivity contribution in [1.29, 1.82) is 0 Å². The van der Waals surface area contributed by atoms with Crippen LogP contribution in [0, 0.1) is 5.92 Å². The average molecular weight is 159 g/mol. The number of hydrogen-bond donors (Lipinski definition) is 1. The lowest BCUT2D eigenvalue weighted by molar-refractivity contribution is 0.742. The summed E-state index contributed by atoms with van der Waals surface area (Å²) < 4.78 is 0. The zero-order chi connectivity index (χ0) is 8.55. The molecule has 2 aliphatic rings. The second kappa shape index (κ2) is 2.67. The fourth-order valence-electron chi connectivity index (χ4n) is 1.70. The Bertz CT molecular complexity index is 316. The van der Waals surface area contributed by atoms with Gasteiger partial charge >= 0.3 is 0 Å². The maximum atomic E-state index is 5.69. The lowest BCUT2D eigenvalue weighted by Gasteiger charge is -2.21. The first kappa shape index (κ1) is 7.41. The first-order valence-corrected chi connectivity index (χ1v) is 4.28. The zero-order valence-electron chi connectivity index (χ0n) is 7.25. The van der Waals surface area contributed by atoms with E-state index in [0.29, 0.717) is 5.92 Å². The Morgan fingerprint density at radius 3 is 3.08 bits per heavy atom. The molecule has 0 aromatic carbocycles. The van der Waals surface area contributed by atoms with Gasteiger partial charge in [-0.3, -0.25) is 0 Å². The van der Waals surface area contributed by atoms with Gasteiger partial charge in [0, 0.05) is 11.6 Å². The number of nitrogens with two attached hydrogens (primary N) is 1. The van der Waals surface area contributed by atoms with Crippen LogP contribution in [-0.4, -0.2) is 0 Å². The molecule has 0 aliphatic heterocycles. The van der Waals surface area contributed by atoms with Crippen molar-refractivity contribution in [2.75, 3.05) is 0 Å². The smallest absolute Gasteiger partial charge is 0.0313 e. The summed E-state index contributed by atoms with van der Waals surface area (Å²) in [6.45, 7) is 2.17.